The number of rotatable bonds is 4. The molecule has 0 radical (unpaired) electrons. The molecule has 0 saturated carbocycles. The van der Waals surface area contributed by atoms with Crippen molar-refractivity contribution in [3.63, 3.8) is 0 Å². The maximum absolute atomic E-state index is 9.11. The second kappa shape index (κ2) is 5.19. The maximum Gasteiger partial charge on any atom is 0.0476 e. The van der Waals surface area contributed by atoms with Gasteiger partial charge in [-0.1, -0.05) is 37.3 Å². The third-order valence-corrected chi connectivity index (χ3v) is 3.29. The first-order valence-electron chi connectivity index (χ1n) is 6.07. The number of hydrogen-bond donors (Lipinski definition) is 2. The first kappa shape index (κ1) is 11.9. The van der Waals surface area contributed by atoms with Crippen LogP contribution in [-0.2, 0) is 0 Å². The molecule has 0 aliphatic rings. The molecule has 2 atom stereocenters. The monoisotopic (exact) mass is 229 g/mol. The summed E-state index contributed by atoms with van der Waals surface area (Å²) in [6.45, 7) is 4.34. The van der Waals surface area contributed by atoms with Gasteiger partial charge in [-0.2, -0.15) is 0 Å². The topological polar surface area (TPSA) is 32.3 Å². The normalized spacial score (nSPS) is 14.5. The lowest BCUT2D eigenvalue weighted by Crippen LogP contribution is -2.26. The average Bonchev–Trinajstić information content (AvgIpc) is 2.37. The molecule has 2 aromatic carbocycles. The zero-order chi connectivity index (χ0) is 12.3. The van der Waals surface area contributed by atoms with Crippen LogP contribution in [0.3, 0.4) is 0 Å². The van der Waals surface area contributed by atoms with E-state index in [0.29, 0.717) is 0 Å². The van der Waals surface area contributed by atoms with Gasteiger partial charge in [0.2, 0.25) is 0 Å². The van der Waals surface area contributed by atoms with Gasteiger partial charge in [0.05, 0.1) is 0 Å². The van der Waals surface area contributed by atoms with E-state index >= 15 is 0 Å². The number of fused-ring (bicyclic) bond motifs is 1. The largest absolute Gasteiger partial charge is 0.396 e. The third-order valence-electron chi connectivity index (χ3n) is 3.29. The molecular weight excluding hydrogens is 210 g/mol. The smallest absolute Gasteiger partial charge is 0.0476 e. The van der Waals surface area contributed by atoms with Crippen molar-refractivity contribution in [3.8, 4) is 0 Å². The van der Waals surface area contributed by atoms with E-state index in [1.165, 1.54) is 10.8 Å². The summed E-state index contributed by atoms with van der Waals surface area (Å²) in [4.78, 5) is 0. The summed E-state index contributed by atoms with van der Waals surface area (Å²) in [5.74, 6) is 0.251. The highest BCUT2D eigenvalue weighted by Gasteiger charge is 2.10. The summed E-state index contributed by atoms with van der Waals surface area (Å²) >= 11 is 0. The summed E-state index contributed by atoms with van der Waals surface area (Å²) < 4.78 is 0. The van der Waals surface area contributed by atoms with E-state index in [1.807, 2.05) is 19.1 Å². The van der Waals surface area contributed by atoms with Crippen molar-refractivity contribution in [2.24, 2.45) is 5.92 Å². The van der Waals surface area contributed by atoms with Crippen LogP contribution < -0.4 is 5.32 Å². The maximum atomic E-state index is 9.11. The molecule has 2 N–H and O–H groups in total. The van der Waals surface area contributed by atoms with Crippen LogP contribution in [0.15, 0.2) is 42.5 Å². The van der Waals surface area contributed by atoms with Crippen molar-refractivity contribution < 1.29 is 5.11 Å². The lowest BCUT2D eigenvalue weighted by molar-refractivity contribution is 0.226. The minimum Gasteiger partial charge on any atom is -0.396 e. The van der Waals surface area contributed by atoms with Crippen LogP contribution in [0.4, 0.5) is 5.69 Å². The molecule has 2 nitrogen and oxygen atoms in total. The second-order valence-electron chi connectivity index (χ2n) is 4.65. The third kappa shape index (κ3) is 2.77. The van der Waals surface area contributed by atoms with Crippen LogP contribution in [0, 0.1) is 5.92 Å². The minimum atomic E-state index is 0.210. The second-order valence-corrected chi connectivity index (χ2v) is 4.65. The van der Waals surface area contributed by atoms with Gasteiger partial charge in [-0.15, -0.1) is 0 Å². The Kier molecular flexibility index (Phi) is 3.64. The minimum absolute atomic E-state index is 0.210. The zero-order valence-electron chi connectivity index (χ0n) is 10.4. The Labute approximate surface area is 102 Å². The van der Waals surface area contributed by atoms with Crippen molar-refractivity contribution in [1.82, 2.24) is 0 Å². The lowest BCUT2D eigenvalue weighted by atomic mass is 10.0. The molecule has 2 unspecified atom stereocenters. The van der Waals surface area contributed by atoms with Crippen LogP contribution >= 0.6 is 0 Å². The number of aliphatic hydroxyl groups excluding tert-OH is 1. The Morgan fingerprint density at radius 2 is 1.76 bits per heavy atom. The quantitative estimate of drug-likeness (QED) is 0.843. The number of aliphatic hydroxyl groups is 1. The van der Waals surface area contributed by atoms with E-state index in [4.69, 9.17) is 5.11 Å². The summed E-state index contributed by atoms with van der Waals surface area (Å²) in [7, 11) is 0. The van der Waals surface area contributed by atoms with Crippen molar-refractivity contribution in [1.29, 1.82) is 0 Å². The molecule has 0 heterocycles. The van der Waals surface area contributed by atoms with Gasteiger partial charge in [0.15, 0.2) is 0 Å². The van der Waals surface area contributed by atoms with E-state index in [2.05, 4.69) is 42.6 Å². The van der Waals surface area contributed by atoms with Crippen LogP contribution in [0.25, 0.3) is 10.8 Å². The van der Waals surface area contributed by atoms with Gasteiger partial charge in [0.25, 0.3) is 0 Å². The van der Waals surface area contributed by atoms with Gasteiger partial charge >= 0.3 is 0 Å². The van der Waals surface area contributed by atoms with Crippen LogP contribution in [0.1, 0.15) is 13.8 Å². The Hall–Kier alpha value is -1.54. The zero-order valence-corrected chi connectivity index (χ0v) is 10.4. The molecule has 0 spiro atoms. The van der Waals surface area contributed by atoms with Crippen molar-refractivity contribution in [2.45, 2.75) is 19.9 Å². The van der Waals surface area contributed by atoms with Gasteiger partial charge in [-0.05, 0) is 35.7 Å². The van der Waals surface area contributed by atoms with Crippen LogP contribution in [0.5, 0.6) is 0 Å². The van der Waals surface area contributed by atoms with E-state index in [1.54, 1.807) is 0 Å². The highest BCUT2D eigenvalue weighted by atomic mass is 16.3. The summed E-state index contributed by atoms with van der Waals surface area (Å²) in [5, 5.41) is 15.0. The van der Waals surface area contributed by atoms with E-state index in [9.17, 15) is 0 Å². The highest BCUT2D eigenvalue weighted by molar-refractivity contribution is 5.85. The Bertz CT molecular complexity index is 495. The number of hydrogen-bond acceptors (Lipinski definition) is 2. The highest BCUT2D eigenvalue weighted by Crippen LogP contribution is 2.20. The van der Waals surface area contributed by atoms with Gasteiger partial charge in [0.1, 0.15) is 0 Å². The molecule has 2 heteroatoms. The molecule has 0 bridgehead atoms. The fraction of sp³-hybridized carbons (Fsp3) is 0.333. The average molecular weight is 229 g/mol. The Morgan fingerprint density at radius 1 is 1.06 bits per heavy atom. The first-order valence-corrected chi connectivity index (χ1v) is 6.07. The fourth-order valence-electron chi connectivity index (χ4n) is 1.84. The Balaban J connectivity index is 2.19. The molecule has 0 fully saturated rings. The molecule has 0 saturated heterocycles. The molecular formula is C15H19NO. The molecule has 0 aliphatic carbocycles. The SMILES string of the molecule is CC(CO)C(C)Nc1ccc2ccccc2c1. The summed E-state index contributed by atoms with van der Waals surface area (Å²) in [6, 6.07) is 14.9. The van der Waals surface area contributed by atoms with Gasteiger partial charge in [-0.25, -0.2) is 0 Å². The molecule has 0 aliphatic heterocycles. The van der Waals surface area contributed by atoms with Crippen molar-refractivity contribution in [2.75, 3.05) is 11.9 Å². The first-order chi connectivity index (χ1) is 8.20. The number of anilines is 1. The molecule has 2 aromatic rings. The number of benzene rings is 2. The van der Waals surface area contributed by atoms with Gasteiger partial charge < -0.3 is 10.4 Å². The van der Waals surface area contributed by atoms with Crippen LogP contribution in [-0.4, -0.2) is 17.8 Å². The summed E-state index contributed by atoms with van der Waals surface area (Å²) in [5.41, 5.74) is 1.11. The standard InChI is InChI=1S/C15H19NO/c1-11(10-17)12(2)16-15-8-7-13-5-3-4-6-14(13)9-15/h3-9,11-12,16-17H,10H2,1-2H3. The fourth-order valence-corrected chi connectivity index (χ4v) is 1.84. The molecule has 90 valence electrons. The van der Waals surface area contributed by atoms with Crippen LogP contribution in [0.2, 0.25) is 0 Å². The van der Waals surface area contributed by atoms with Crippen molar-refractivity contribution >= 4 is 16.5 Å². The molecule has 0 amide bonds. The molecule has 17 heavy (non-hydrogen) atoms. The van der Waals surface area contributed by atoms with E-state index in [-0.39, 0.29) is 18.6 Å². The van der Waals surface area contributed by atoms with Crippen molar-refractivity contribution in [3.05, 3.63) is 42.5 Å². The Morgan fingerprint density at radius 3 is 2.47 bits per heavy atom. The van der Waals surface area contributed by atoms with Gasteiger partial charge in [0, 0.05) is 18.3 Å². The predicted octanol–water partition coefficient (Wildman–Crippen LogP) is 3.27. The lowest BCUT2D eigenvalue weighted by Gasteiger charge is -2.20. The molecule has 2 rings (SSSR count). The van der Waals surface area contributed by atoms with Gasteiger partial charge in [-0.3, -0.25) is 0 Å². The summed E-state index contributed by atoms with van der Waals surface area (Å²) in [6.07, 6.45) is 0. The molecule has 0 aromatic heterocycles. The van der Waals surface area contributed by atoms with E-state index < -0.39 is 0 Å². The number of nitrogens with one attached hydrogen (secondary N) is 1. The van der Waals surface area contributed by atoms with E-state index in [0.717, 1.165) is 5.69 Å². The predicted molar refractivity (Wildman–Crippen MR) is 73.3 cm³/mol.